The third-order valence-electron chi connectivity index (χ3n) is 2.18. The van der Waals surface area contributed by atoms with Crippen molar-refractivity contribution >= 4 is 19.6 Å². The average molecular weight is 276 g/mol. The topological polar surface area (TPSA) is 63.6 Å². The van der Waals surface area contributed by atoms with Gasteiger partial charge in [-0.3, -0.25) is 4.79 Å². The van der Waals surface area contributed by atoms with E-state index in [-0.39, 0.29) is 18.2 Å². The predicted octanol–water partition coefficient (Wildman–Crippen LogP) is 1.12. The monoisotopic (exact) mass is 276 g/mol. The van der Waals surface area contributed by atoms with E-state index in [1.807, 2.05) is 28.1 Å². The minimum absolute atomic E-state index is 0.175. The summed E-state index contributed by atoms with van der Waals surface area (Å²) in [7, 11) is 3.90. The first-order valence-corrected chi connectivity index (χ1v) is 7.30. The van der Waals surface area contributed by atoms with Gasteiger partial charge < -0.3 is 14.1 Å². The zero-order chi connectivity index (χ0) is 14.3. The van der Waals surface area contributed by atoms with Gasteiger partial charge in [-0.1, -0.05) is 13.5 Å². The third kappa shape index (κ3) is 7.54. The number of carbonyl (C=O) groups excluding carboxylic acids is 2. The van der Waals surface area contributed by atoms with Gasteiger partial charge in [0, 0.05) is 12.2 Å². The van der Waals surface area contributed by atoms with Crippen LogP contribution in [0.2, 0.25) is 0 Å². The summed E-state index contributed by atoms with van der Waals surface area (Å²) in [5.74, 6) is -0.524. The maximum Gasteiger partial charge on any atom is 0.330 e. The Morgan fingerprint density at radius 3 is 2.39 bits per heavy atom. The summed E-state index contributed by atoms with van der Waals surface area (Å²) in [6.45, 7) is 5.42. The first-order chi connectivity index (χ1) is 8.19. The fraction of sp³-hybridized carbons (Fsp3) is 0.667. The molecular weight excluding hydrogens is 253 g/mol. The maximum absolute atomic E-state index is 11.8. The van der Waals surface area contributed by atoms with Crippen LogP contribution in [0.3, 0.4) is 0 Å². The van der Waals surface area contributed by atoms with Gasteiger partial charge in [0.05, 0.1) is 21.1 Å². The Kier molecular flexibility index (Phi) is 7.29. The number of nitrogens with zero attached hydrogens (tertiary/aromatic N) is 1. The molecule has 6 heteroatoms. The lowest BCUT2D eigenvalue weighted by molar-refractivity contribution is -0.861. The molecule has 104 valence electrons. The lowest BCUT2D eigenvalue weighted by Gasteiger charge is -2.25. The molecule has 0 saturated carbocycles. The SMILES string of the molecule is C=CC(=O)OC(CC)CP(O)C(=O)C[N+](C)(C)C. The van der Waals surface area contributed by atoms with Crippen LogP contribution in [0.25, 0.3) is 0 Å². The van der Waals surface area contributed by atoms with Crippen molar-refractivity contribution in [2.24, 2.45) is 0 Å². The molecule has 0 spiro atoms. The summed E-state index contributed by atoms with van der Waals surface area (Å²) in [5, 5.41) is 0. The van der Waals surface area contributed by atoms with Crippen LogP contribution in [0.4, 0.5) is 0 Å². The molecule has 18 heavy (non-hydrogen) atoms. The van der Waals surface area contributed by atoms with Crippen molar-refractivity contribution in [3.8, 4) is 0 Å². The lowest BCUT2D eigenvalue weighted by Crippen LogP contribution is -2.39. The number of ether oxygens (including phenoxy) is 1. The summed E-state index contributed by atoms with van der Waals surface area (Å²) in [4.78, 5) is 32.7. The molecule has 0 rings (SSSR count). The van der Waals surface area contributed by atoms with E-state index in [1.165, 1.54) is 0 Å². The molecule has 0 radical (unpaired) electrons. The number of likely N-dealkylation sites (N-methyl/N-ethyl adjacent to an activating group) is 1. The minimum atomic E-state index is -1.75. The van der Waals surface area contributed by atoms with Gasteiger partial charge in [-0.15, -0.1) is 0 Å². The molecule has 0 fully saturated rings. The highest BCUT2D eigenvalue weighted by Gasteiger charge is 2.26. The first kappa shape index (κ1) is 17.2. The summed E-state index contributed by atoms with van der Waals surface area (Å²) in [5.41, 5.74) is -0.175. The van der Waals surface area contributed by atoms with Gasteiger partial charge in [-0.2, -0.15) is 0 Å². The average Bonchev–Trinajstić information content (AvgIpc) is 2.25. The molecule has 2 atom stereocenters. The van der Waals surface area contributed by atoms with Crippen molar-refractivity contribution in [3.05, 3.63) is 12.7 Å². The Bertz CT molecular complexity index is 312. The van der Waals surface area contributed by atoms with E-state index < -0.39 is 20.2 Å². The summed E-state index contributed by atoms with van der Waals surface area (Å²) in [6.07, 6.45) is 1.42. The smallest absolute Gasteiger partial charge is 0.330 e. The molecule has 0 aromatic heterocycles. The first-order valence-electron chi connectivity index (χ1n) is 5.82. The Hall–Kier alpha value is -0.770. The van der Waals surface area contributed by atoms with E-state index in [0.717, 1.165) is 6.08 Å². The van der Waals surface area contributed by atoms with Crippen LogP contribution in [-0.4, -0.2) is 60.8 Å². The number of esters is 1. The highest BCUT2D eigenvalue weighted by molar-refractivity contribution is 7.69. The molecule has 0 amide bonds. The molecule has 0 heterocycles. The molecule has 2 unspecified atom stereocenters. The van der Waals surface area contributed by atoms with Gasteiger partial charge in [0.1, 0.15) is 20.8 Å². The fourth-order valence-corrected chi connectivity index (χ4v) is 2.75. The van der Waals surface area contributed by atoms with Crippen molar-refractivity contribution in [1.82, 2.24) is 0 Å². The standard InChI is InChI=1S/C12H23NO4P/c1-6-10(17-11(14)7-2)9-18(16)12(15)8-13(3,4)5/h7,10,16H,2,6,8-9H2,1,3-5H3/q+1. The quantitative estimate of drug-likeness (QED) is 0.312. The van der Waals surface area contributed by atoms with Gasteiger partial charge in [0.25, 0.3) is 0 Å². The largest absolute Gasteiger partial charge is 0.459 e. The second-order valence-electron chi connectivity index (χ2n) is 5.10. The second kappa shape index (κ2) is 7.62. The van der Waals surface area contributed by atoms with Gasteiger partial charge >= 0.3 is 5.97 Å². The van der Waals surface area contributed by atoms with Crippen LogP contribution in [0.5, 0.6) is 0 Å². The van der Waals surface area contributed by atoms with Crippen LogP contribution in [0.1, 0.15) is 13.3 Å². The second-order valence-corrected chi connectivity index (χ2v) is 6.76. The van der Waals surface area contributed by atoms with E-state index in [4.69, 9.17) is 4.74 Å². The Balaban J connectivity index is 4.34. The summed E-state index contributed by atoms with van der Waals surface area (Å²) >= 11 is 0. The maximum atomic E-state index is 11.8. The molecule has 5 nitrogen and oxygen atoms in total. The van der Waals surface area contributed by atoms with Gasteiger partial charge in [0.15, 0.2) is 0 Å². The van der Waals surface area contributed by atoms with Crippen molar-refractivity contribution in [3.63, 3.8) is 0 Å². The van der Waals surface area contributed by atoms with E-state index in [9.17, 15) is 14.5 Å². The van der Waals surface area contributed by atoms with Crippen molar-refractivity contribution in [2.75, 3.05) is 33.8 Å². The van der Waals surface area contributed by atoms with E-state index in [0.29, 0.717) is 10.9 Å². The zero-order valence-corrected chi connectivity index (χ0v) is 12.4. The number of rotatable bonds is 8. The number of carbonyl (C=O) groups is 2. The third-order valence-corrected chi connectivity index (χ3v) is 3.65. The highest BCUT2D eigenvalue weighted by atomic mass is 31.1. The normalized spacial score (nSPS) is 14.7. The minimum Gasteiger partial charge on any atom is -0.459 e. The van der Waals surface area contributed by atoms with Crippen LogP contribution >= 0.6 is 8.15 Å². The van der Waals surface area contributed by atoms with Gasteiger partial charge in [-0.25, -0.2) is 4.79 Å². The van der Waals surface area contributed by atoms with E-state index >= 15 is 0 Å². The van der Waals surface area contributed by atoms with Gasteiger partial charge in [-0.05, 0) is 6.42 Å². The Morgan fingerprint density at radius 2 is 2.00 bits per heavy atom. The van der Waals surface area contributed by atoms with Gasteiger partial charge in [0.2, 0.25) is 5.52 Å². The summed E-state index contributed by atoms with van der Waals surface area (Å²) in [6, 6.07) is 0. The molecule has 0 bridgehead atoms. The van der Waals surface area contributed by atoms with Crippen LogP contribution in [0, 0.1) is 0 Å². The molecule has 0 saturated heterocycles. The van der Waals surface area contributed by atoms with Crippen LogP contribution in [0.15, 0.2) is 12.7 Å². The molecule has 1 N–H and O–H groups in total. The van der Waals surface area contributed by atoms with Crippen molar-refractivity contribution in [2.45, 2.75) is 19.4 Å². The molecule has 0 aromatic rings. The fourth-order valence-electron chi connectivity index (χ4n) is 1.24. The predicted molar refractivity (Wildman–Crippen MR) is 72.3 cm³/mol. The zero-order valence-electron chi connectivity index (χ0n) is 11.5. The molecule has 0 aliphatic rings. The molecule has 0 aromatic carbocycles. The Labute approximate surface area is 110 Å². The lowest BCUT2D eigenvalue weighted by atomic mass is 10.3. The van der Waals surface area contributed by atoms with E-state index in [2.05, 4.69) is 6.58 Å². The van der Waals surface area contributed by atoms with Crippen molar-refractivity contribution < 1.29 is 23.7 Å². The van der Waals surface area contributed by atoms with Crippen LogP contribution < -0.4 is 0 Å². The molecule has 0 aliphatic heterocycles. The molecular formula is C12H23NO4P+. The molecule has 0 aliphatic carbocycles. The highest BCUT2D eigenvalue weighted by Crippen LogP contribution is 2.33. The Morgan fingerprint density at radius 1 is 1.44 bits per heavy atom. The number of quaternary nitrogens is 1. The number of hydrogen-bond donors (Lipinski definition) is 1. The van der Waals surface area contributed by atoms with Crippen LogP contribution in [-0.2, 0) is 14.3 Å². The number of hydrogen-bond acceptors (Lipinski definition) is 4. The summed E-state index contributed by atoms with van der Waals surface area (Å²) < 4.78 is 5.52. The van der Waals surface area contributed by atoms with E-state index in [1.54, 1.807) is 0 Å². The van der Waals surface area contributed by atoms with Crippen molar-refractivity contribution in [1.29, 1.82) is 0 Å².